The molecule has 37 heavy (non-hydrogen) atoms. The number of ether oxygens (including phenoxy) is 5. The molecule has 0 amide bonds. The van der Waals surface area contributed by atoms with Crippen molar-refractivity contribution in [1.82, 2.24) is 0 Å². The lowest BCUT2D eigenvalue weighted by molar-refractivity contribution is -0.277. The van der Waals surface area contributed by atoms with Crippen molar-refractivity contribution >= 4 is 11.0 Å². The summed E-state index contributed by atoms with van der Waals surface area (Å²) in [6, 6.07) is 5.44. The average molecular weight is 522 g/mol. The van der Waals surface area contributed by atoms with Gasteiger partial charge in [0, 0.05) is 12.1 Å². The third kappa shape index (κ3) is 4.47. The predicted molar refractivity (Wildman–Crippen MR) is 125 cm³/mol. The van der Waals surface area contributed by atoms with E-state index in [1.807, 2.05) is 0 Å². The third-order valence-corrected chi connectivity index (χ3v) is 5.99. The molecular formula is C24H26O13. The molecule has 0 radical (unpaired) electrons. The van der Waals surface area contributed by atoms with Crippen LogP contribution in [0, 0.1) is 0 Å². The van der Waals surface area contributed by atoms with E-state index in [-0.39, 0.29) is 45.3 Å². The Morgan fingerprint density at radius 2 is 1.62 bits per heavy atom. The summed E-state index contributed by atoms with van der Waals surface area (Å²) in [7, 11) is 3.81. The first kappa shape index (κ1) is 26.3. The molecule has 5 atom stereocenters. The van der Waals surface area contributed by atoms with Gasteiger partial charge < -0.3 is 58.7 Å². The molecule has 2 aromatic carbocycles. The van der Waals surface area contributed by atoms with Crippen LogP contribution in [0.3, 0.4) is 0 Å². The zero-order chi connectivity index (χ0) is 27.0. The van der Waals surface area contributed by atoms with E-state index >= 15 is 0 Å². The molecule has 200 valence electrons. The highest BCUT2D eigenvalue weighted by Crippen LogP contribution is 2.46. The lowest BCUT2D eigenvalue weighted by Crippen LogP contribution is -2.60. The second-order valence-corrected chi connectivity index (χ2v) is 8.12. The molecule has 6 N–H and O–H groups in total. The van der Waals surface area contributed by atoms with Crippen molar-refractivity contribution in [3.05, 3.63) is 34.5 Å². The Labute approximate surface area is 209 Å². The molecule has 1 fully saturated rings. The van der Waals surface area contributed by atoms with E-state index in [0.717, 1.165) is 0 Å². The van der Waals surface area contributed by atoms with Crippen molar-refractivity contribution in [3.8, 4) is 45.8 Å². The Bertz CT molecular complexity index is 1350. The number of hydrogen-bond donors (Lipinski definition) is 6. The first-order chi connectivity index (χ1) is 17.7. The summed E-state index contributed by atoms with van der Waals surface area (Å²) >= 11 is 0. The van der Waals surface area contributed by atoms with Crippen molar-refractivity contribution in [3.63, 3.8) is 0 Å². The topological polar surface area (TPSA) is 198 Å². The van der Waals surface area contributed by atoms with Crippen LogP contribution in [0.15, 0.2) is 33.5 Å². The predicted octanol–water partition coefficient (Wildman–Crippen LogP) is 0.0757. The lowest BCUT2D eigenvalue weighted by atomic mass is 9.99. The standard InChI is InChI=1S/C24H26O13/c1-32-9-4-5-10(11(26)6-9)21-23(34-3)18(29)15-12(35-21)7-13(22(33-2)17(15)28)36-24-20(31)19(30)16(27)14(8-25)37-24/h4-7,14,16,19-20,24-28,30-31H,8H2,1-3H3. The molecule has 4 rings (SSSR count). The summed E-state index contributed by atoms with van der Waals surface area (Å²) in [5.74, 6) is -1.70. The van der Waals surface area contributed by atoms with Crippen molar-refractivity contribution in [1.29, 1.82) is 0 Å². The molecule has 0 spiro atoms. The summed E-state index contributed by atoms with van der Waals surface area (Å²) in [4.78, 5) is 13.3. The van der Waals surface area contributed by atoms with Gasteiger partial charge in [-0.15, -0.1) is 0 Å². The van der Waals surface area contributed by atoms with Crippen molar-refractivity contribution in [2.45, 2.75) is 30.7 Å². The summed E-state index contributed by atoms with van der Waals surface area (Å²) in [5.41, 5.74) is -0.915. The first-order valence-corrected chi connectivity index (χ1v) is 11.0. The van der Waals surface area contributed by atoms with Gasteiger partial charge in [-0.05, 0) is 12.1 Å². The summed E-state index contributed by atoms with van der Waals surface area (Å²) in [5, 5.41) is 60.9. The molecule has 1 aromatic heterocycles. The van der Waals surface area contributed by atoms with Crippen LogP contribution in [0.5, 0.6) is 34.5 Å². The van der Waals surface area contributed by atoms with E-state index < -0.39 is 48.5 Å². The van der Waals surface area contributed by atoms with E-state index in [1.165, 1.54) is 45.6 Å². The minimum Gasteiger partial charge on any atom is -0.507 e. The molecular weight excluding hydrogens is 496 g/mol. The summed E-state index contributed by atoms with van der Waals surface area (Å²) in [6.07, 6.45) is -7.96. The van der Waals surface area contributed by atoms with Crippen molar-refractivity contribution in [2.24, 2.45) is 0 Å². The largest absolute Gasteiger partial charge is 0.507 e. The monoisotopic (exact) mass is 522 g/mol. The van der Waals surface area contributed by atoms with Crippen molar-refractivity contribution < 1.29 is 58.7 Å². The molecule has 5 unspecified atom stereocenters. The fourth-order valence-corrected chi connectivity index (χ4v) is 4.04. The highest BCUT2D eigenvalue weighted by Gasteiger charge is 2.45. The molecule has 0 aliphatic carbocycles. The van der Waals surface area contributed by atoms with Crippen molar-refractivity contribution in [2.75, 3.05) is 27.9 Å². The smallest absolute Gasteiger partial charge is 0.239 e. The number of methoxy groups -OCH3 is 3. The number of fused-ring (bicyclic) bond motifs is 1. The maximum atomic E-state index is 13.3. The van der Waals surface area contributed by atoms with Gasteiger partial charge in [0.05, 0.1) is 33.5 Å². The zero-order valence-corrected chi connectivity index (χ0v) is 19.9. The van der Waals surface area contributed by atoms with E-state index in [0.29, 0.717) is 5.75 Å². The minimum atomic E-state index is -1.75. The Kier molecular flexibility index (Phi) is 7.34. The number of aliphatic hydroxyl groups excluding tert-OH is 4. The molecule has 13 nitrogen and oxygen atoms in total. The van der Waals surface area contributed by atoms with Crippen LogP contribution in [0.1, 0.15) is 0 Å². The second-order valence-electron chi connectivity index (χ2n) is 8.12. The maximum Gasteiger partial charge on any atom is 0.239 e. The summed E-state index contributed by atoms with van der Waals surface area (Å²) in [6.45, 7) is -0.686. The van der Waals surface area contributed by atoms with Crippen LogP contribution in [0.4, 0.5) is 0 Å². The van der Waals surface area contributed by atoms with E-state index in [1.54, 1.807) is 0 Å². The van der Waals surface area contributed by atoms with Gasteiger partial charge in [0.25, 0.3) is 0 Å². The number of aliphatic hydroxyl groups is 4. The van der Waals surface area contributed by atoms with Crippen LogP contribution < -0.4 is 24.4 Å². The van der Waals surface area contributed by atoms with Crippen LogP contribution >= 0.6 is 0 Å². The van der Waals surface area contributed by atoms with Gasteiger partial charge in [-0.1, -0.05) is 0 Å². The van der Waals surface area contributed by atoms with Gasteiger partial charge >= 0.3 is 0 Å². The number of rotatable bonds is 7. The van der Waals surface area contributed by atoms with E-state index in [2.05, 4.69) is 0 Å². The molecule has 1 aliphatic rings. The van der Waals surface area contributed by atoms with Gasteiger partial charge in [-0.2, -0.15) is 0 Å². The van der Waals surface area contributed by atoms with E-state index in [4.69, 9.17) is 28.1 Å². The van der Waals surface area contributed by atoms with Gasteiger partial charge in [-0.3, -0.25) is 4.79 Å². The van der Waals surface area contributed by atoms with Gasteiger partial charge in [0.1, 0.15) is 46.9 Å². The zero-order valence-electron chi connectivity index (χ0n) is 19.9. The van der Waals surface area contributed by atoms with Gasteiger partial charge in [-0.25, -0.2) is 0 Å². The highest BCUT2D eigenvalue weighted by molar-refractivity contribution is 5.91. The first-order valence-electron chi connectivity index (χ1n) is 11.0. The van der Waals surface area contributed by atoms with Crippen LogP contribution in [0.2, 0.25) is 0 Å². The lowest BCUT2D eigenvalue weighted by Gasteiger charge is -2.39. The number of hydrogen-bond acceptors (Lipinski definition) is 13. The fraction of sp³-hybridized carbons (Fsp3) is 0.375. The fourth-order valence-electron chi connectivity index (χ4n) is 4.04. The number of aromatic hydroxyl groups is 2. The van der Waals surface area contributed by atoms with E-state index in [9.17, 15) is 35.4 Å². The third-order valence-electron chi connectivity index (χ3n) is 5.99. The highest BCUT2D eigenvalue weighted by atomic mass is 16.7. The van der Waals surface area contributed by atoms with Gasteiger partial charge in [0.2, 0.25) is 23.2 Å². The normalized spacial score (nSPS) is 23.6. The maximum absolute atomic E-state index is 13.3. The second kappa shape index (κ2) is 10.3. The SMILES string of the molecule is COc1ccc(-c2oc3cc(OC4OC(CO)C(O)C(O)C4O)c(OC)c(O)c3c(=O)c2OC)c(O)c1. The Morgan fingerprint density at radius 1 is 0.919 bits per heavy atom. The number of phenols is 2. The molecule has 0 saturated carbocycles. The molecule has 13 heteroatoms. The van der Waals surface area contributed by atoms with Gasteiger partial charge in [0.15, 0.2) is 17.3 Å². The van der Waals surface area contributed by atoms with Crippen LogP contribution in [-0.2, 0) is 4.74 Å². The molecule has 3 aromatic rings. The Hall–Kier alpha value is -3.75. The average Bonchev–Trinajstić information content (AvgIpc) is 2.88. The Morgan fingerprint density at radius 3 is 2.22 bits per heavy atom. The van der Waals surface area contributed by atoms with Crippen LogP contribution in [-0.4, -0.2) is 89.3 Å². The quantitative estimate of drug-likeness (QED) is 0.244. The molecule has 2 heterocycles. The molecule has 0 bridgehead atoms. The van der Waals surface area contributed by atoms with Crippen LogP contribution in [0.25, 0.3) is 22.3 Å². The minimum absolute atomic E-state index is 0.0864. The molecule has 1 aliphatic heterocycles. The Balaban J connectivity index is 1.88. The molecule has 1 saturated heterocycles. The number of benzene rings is 2. The number of phenolic OH excluding ortho intramolecular Hbond substituents is 2. The summed E-state index contributed by atoms with van der Waals surface area (Å²) < 4.78 is 32.4.